The van der Waals surface area contributed by atoms with Gasteiger partial charge in [0, 0.05) is 0 Å². The minimum atomic E-state index is 0.0462. The van der Waals surface area contributed by atoms with Gasteiger partial charge in [0.15, 0.2) is 5.17 Å². The van der Waals surface area contributed by atoms with Gasteiger partial charge in [0.2, 0.25) is 5.91 Å². The number of carbonyl (C=O) groups is 1. The van der Waals surface area contributed by atoms with Gasteiger partial charge in [-0.25, -0.2) is 0 Å². The fraction of sp³-hybridized carbons (Fsp3) is 0.105. The van der Waals surface area contributed by atoms with E-state index in [1.807, 2.05) is 24.3 Å². The highest BCUT2D eigenvalue weighted by molar-refractivity contribution is 8.15. The molecule has 0 bridgehead atoms. The first-order valence-electron chi connectivity index (χ1n) is 7.85. The quantitative estimate of drug-likeness (QED) is 0.530. The lowest BCUT2D eigenvalue weighted by atomic mass is 10.0. The maximum absolute atomic E-state index is 12.3. The van der Waals surface area contributed by atoms with Gasteiger partial charge in [-0.05, 0) is 28.5 Å². The van der Waals surface area contributed by atoms with Crippen molar-refractivity contribution in [1.82, 2.24) is 4.90 Å². The highest BCUT2D eigenvalue weighted by Gasteiger charge is 2.28. The van der Waals surface area contributed by atoms with E-state index in [0.29, 0.717) is 23.2 Å². The molecule has 1 saturated heterocycles. The summed E-state index contributed by atoms with van der Waals surface area (Å²) >= 11 is 1.40. The number of benzene rings is 2. The average molecular weight is 349 g/mol. The van der Waals surface area contributed by atoms with Crippen LogP contribution in [0.5, 0.6) is 0 Å². The lowest BCUT2D eigenvalue weighted by molar-refractivity contribution is -0.124. The van der Waals surface area contributed by atoms with Crippen molar-refractivity contribution in [2.45, 2.75) is 6.54 Å². The summed E-state index contributed by atoms with van der Waals surface area (Å²) in [5.74, 6) is 1.06. The molecule has 1 fully saturated rings. The van der Waals surface area contributed by atoms with Gasteiger partial charge < -0.3 is 4.42 Å². The Morgan fingerprint density at radius 1 is 1.12 bits per heavy atom. The average Bonchev–Trinajstić information content (AvgIpc) is 3.27. The lowest BCUT2D eigenvalue weighted by Crippen LogP contribution is -2.28. The van der Waals surface area contributed by atoms with Crippen LogP contribution in [0.2, 0.25) is 0 Å². The van der Waals surface area contributed by atoms with Crippen LogP contribution in [-0.4, -0.2) is 27.9 Å². The second-order valence-electron chi connectivity index (χ2n) is 5.55. The number of fused-ring (bicyclic) bond motifs is 1. The number of carbonyl (C=O) groups excluding carboxylic acids is 1. The Labute approximate surface area is 149 Å². The van der Waals surface area contributed by atoms with Gasteiger partial charge in [-0.15, -0.1) is 5.10 Å². The molecular formula is C19H15N3O2S. The van der Waals surface area contributed by atoms with Crippen LogP contribution in [0, 0.1) is 0 Å². The van der Waals surface area contributed by atoms with Crippen LogP contribution in [0.15, 0.2) is 75.5 Å². The highest BCUT2D eigenvalue weighted by Crippen LogP contribution is 2.25. The number of nitrogens with zero attached hydrogens (tertiary/aromatic N) is 3. The summed E-state index contributed by atoms with van der Waals surface area (Å²) in [6.07, 6.45) is 3.11. The fourth-order valence-corrected chi connectivity index (χ4v) is 3.56. The van der Waals surface area contributed by atoms with Crippen LogP contribution < -0.4 is 0 Å². The van der Waals surface area contributed by atoms with E-state index in [2.05, 4.69) is 28.4 Å². The van der Waals surface area contributed by atoms with Crippen molar-refractivity contribution >= 4 is 39.8 Å². The summed E-state index contributed by atoms with van der Waals surface area (Å²) in [5.41, 5.74) is 1.09. The van der Waals surface area contributed by atoms with E-state index in [9.17, 15) is 4.79 Å². The SMILES string of the molecule is O=C1CS/C(=N/N=C/c2ccco2)N1Cc1cccc2ccccc12. The second kappa shape index (κ2) is 6.94. The molecule has 1 aromatic heterocycles. The standard InChI is InChI=1S/C19H15N3O2S/c23-18-13-25-19(21-20-11-16-8-4-10-24-16)22(18)12-15-7-3-6-14-5-1-2-9-17(14)15/h1-11H,12-13H2/b20-11+,21-19+. The predicted molar refractivity (Wildman–Crippen MR) is 101 cm³/mol. The predicted octanol–water partition coefficient (Wildman–Crippen LogP) is 3.90. The Morgan fingerprint density at radius 2 is 2.00 bits per heavy atom. The van der Waals surface area contributed by atoms with E-state index in [1.54, 1.807) is 23.3 Å². The van der Waals surface area contributed by atoms with Crippen LogP contribution in [0.4, 0.5) is 0 Å². The summed E-state index contributed by atoms with van der Waals surface area (Å²) in [5, 5.41) is 11.2. The summed E-state index contributed by atoms with van der Waals surface area (Å²) in [7, 11) is 0. The van der Waals surface area contributed by atoms with Gasteiger partial charge in [0.25, 0.3) is 0 Å². The number of amidine groups is 1. The van der Waals surface area contributed by atoms with E-state index in [1.165, 1.54) is 18.0 Å². The molecule has 0 saturated carbocycles. The zero-order valence-corrected chi connectivity index (χ0v) is 14.1. The number of amides is 1. The molecule has 25 heavy (non-hydrogen) atoms. The van der Waals surface area contributed by atoms with Crippen LogP contribution in [0.3, 0.4) is 0 Å². The van der Waals surface area contributed by atoms with Crippen LogP contribution >= 0.6 is 11.8 Å². The van der Waals surface area contributed by atoms with Crippen LogP contribution in [0.1, 0.15) is 11.3 Å². The minimum Gasteiger partial charge on any atom is -0.463 e. The molecule has 2 aromatic carbocycles. The number of thioether (sulfide) groups is 1. The summed E-state index contributed by atoms with van der Waals surface area (Å²) < 4.78 is 5.18. The topological polar surface area (TPSA) is 58.2 Å². The third kappa shape index (κ3) is 3.34. The first kappa shape index (κ1) is 15.7. The van der Waals surface area contributed by atoms with Crippen molar-refractivity contribution in [1.29, 1.82) is 0 Å². The third-order valence-electron chi connectivity index (χ3n) is 3.94. The molecule has 5 nitrogen and oxygen atoms in total. The Hall–Kier alpha value is -2.86. The molecular weight excluding hydrogens is 334 g/mol. The molecule has 3 aromatic rings. The number of furan rings is 1. The smallest absolute Gasteiger partial charge is 0.239 e. The first-order chi connectivity index (χ1) is 12.3. The van der Waals surface area contributed by atoms with Gasteiger partial charge in [-0.1, -0.05) is 54.2 Å². The summed E-state index contributed by atoms with van der Waals surface area (Å²) in [4.78, 5) is 14.0. The molecule has 0 N–H and O–H groups in total. The van der Waals surface area contributed by atoms with E-state index >= 15 is 0 Å². The van der Waals surface area contributed by atoms with Crippen molar-refractivity contribution < 1.29 is 9.21 Å². The number of hydrogen-bond donors (Lipinski definition) is 0. The van der Waals surface area contributed by atoms with E-state index in [0.717, 1.165) is 16.3 Å². The summed E-state index contributed by atoms with van der Waals surface area (Å²) in [6, 6.07) is 17.9. The van der Waals surface area contributed by atoms with Crippen molar-refractivity contribution in [3.8, 4) is 0 Å². The molecule has 0 unspecified atom stereocenters. The number of rotatable bonds is 4. The fourth-order valence-electron chi connectivity index (χ4n) is 2.73. The van der Waals surface area contributed by atoms with Gasteiger partial charge in [0.1, 0.15) is 5.76 Å². The van der Waals surface area contributed by atoms with Crippen LogP contribution in [-0.2, 0) is 11.3 Å². The largest absolute Gasteiger partial charge is 0.463 e. The third-order valence-corrected chi connectivity index (χ3v) is 4.89. The molecule has 0 aliphatic carbocycles. The molecule has 1 amide bonds. The Balaban J connectivity index is 1.60. The van der Waals surface area contributed by atoms with Crippen molar-refractivity contribution in [3.05, 3.63) is 72.2 Å². The first-order valence-corrected chi connectivity index (χ1v) is 8.84. The zero-order valence-electron chi connectivity index (χ0n) is 13.3. The number of hydrogen-bond acceptors (Lipinski definition) is 5. The normalized spacial score (nSPS) is 16.6. The van der Waals surface area contributed by atoms with Crippen molar-refractivity contribution in [2.24, 2.45) is 10.2 Å². The van der Waals surface area contributed by atoms with Gasteiger partial charge in [-0.2, -0.15) is 5.10 Å². The maximum atomic E-state index is 12.3. The van der Waals surface area contributed by atoms with Crippen molar-refractivity contribution in [3.63, 3.8) is 0 Å². The van der Waals surface area contributed by atoms with Crippen molar-refractivity contribution in [2.75, 3.05) is 5.75 Å². The molecule has 0 atom stereocenters. The summed E-state index contributed by atoms with van der Waals surface area (Å²) in [6.45, 7) is 0.488. The van der Waals surface area contributed by atoms with Gasteiger partial charge in [-0.3, -0.25) is 9.69 Å². The van der Waals surface area contributed by atoms with E-state index in [-0.39, 0.29) is 5.91 Å². The molecule has 0 spiro atoms. The Morgan fingerprint density at radius 3 is 2.88 bits per heavy atom. The minimum absolute atomic E-state index is 0.0462. The van der Waals surface area contributed by atoms with Gasteiger partial charge in [0.05, 0.1) is 24.8 Å². The molecule has 1 aliphatic rings. The Kier molecular flexibility index (Phi) is 4.35. The lowest BCUT2D eigenvalue weighted by Gasteiger charge is -2.16. The second-order valence-corrected chi connectivity index (χ2v) is 6.49. The van der Waals surface area contributed by atoms with Gasteiger partial charge >= 0.3 is 0 Å². The van der Waals surface area contributed by atoms with E-state index in [4.69, 9.17) is 4.42 Å². The molecule has 4 rings (SSSR count). The molecule has 0 radical (unpaired) electrons. The molecule has 6 heteroatoms. The monoisotopic (exact) mass is 349 g/mol. The van der Waals surface area contributed by atoms with Crippen LogP contribution in [0.25, 0.3) is 10.8 Å². The molecule has 2 heterocycles. The molecule has 124 valence electrons. The maximum Gasteiger partial charge on any atom is 0.239 e. The zero-order chi connectivity index (χ0) is 17.1. The molecule has 1 aliphatic heterocycles. The highest BCUT2D eigenvalue weighted by atomic mass is 32.2. The Bertz CT molecular complexity index is 958. The van der Waals surface area contributed by atoms with E-state index < -0.39 is 0 Å².